The van der Waals surface area contributed by atoms with E-state index in [2.05, 4.69) is 36.0 Å². The smallest absolute Gasteiger partial charge is 0.379 e. The summed E-state index contributed by atoms with van der Waals surface area (Å²) in [6.45, 7) is 2.33. The van der Waals surface area contributed by atoms with Gasteiger partial charge in [-0.05, 0) is 29.3 Å². The zero-order chi connectivity index (χ0) is 28.2. The molecule has 0 aromatic carbocycles. The summed E-state index contributed by atoms with van der Waals surface area (Å²) in [7, 11) is -3.82. The minimum Gasteiger partial charge on any atom is -0.461 e. The Balaban J connectivity index is 1.38. The SMILES string of the molecule is CC(=O)OCc1cnc(C)c2c1CCP(=O)(OC[C@H]1O[C@@](C#N)(c3cnc4c(N)ncnn34)C(F)(Br)[C@H]1O)O2. The lowest BCUT2D eigenvalue weighted by molar-refractivity contribution is -0.142. The molecule has 0 saturated carbocycles. The number of carbonyl (C=O) groups is 1. The Kier molecular flexibility index (Phi) is 6.84. The first-order valence-corrected chi connectivity index (χ1v) is 14.1. The standard InChI is InChI=1S/C22H22BrFN7O7P/c1-11-17-14(13(5-27-11)7-35-12(2)32)3-4-39(34,38-17)36-8-15-18(33)22(23,24)21(9-25,37-15)16-6-28-20-19(26)29-10-30-31(16)20/h5-6,10,15,18,33H,3-4,7-8H2,1-2H3,(H2,26,29,30)/t15-,18+,21+,22?,39?/m1/s1. The molecule has 3 aromatic heterocycles. The van der Waals surface area contributed by atoms with E-state index in [0.717, 1.165) is 17.0 Å². The van der Waals surface area contributed by atoms with Crippen LogP contribution in [0.3, 0.4) is 0 Å². The van der Waals surface area contributed by atoms with Crippen molar-refractivity contribution < 1.29 is 37.4 Å². The molecule has 2 unspecified atom stereocenters. The number of nitrogen functional groups attached to an aromatic ring is 1. The number of hydrogen-bond acceptors (Lipinski definition) is 13. The Labute approximate surface area is 228 Å². The monoisotopic (exact) mass is 625 g/mol. The molecule has 5 rings (SSSR count). The second kappa shape index (κ2) is 9.76. The number of pyridine rings is 1. The minimum atomic E-state index is -3.82. The quantitative estimate of drug-likeness (QED) is 0.229. The van der Waals surface area contributed by atoms with Gasteiger partial charge < -0.3 is 24.8 Å². The first-order valence-electron chi connectivity index (χ1n) is 11.6. The van der Waals surface area contributed by atoms with Crippen molar-refractivity contribution in [1.82, 2.24) is 24.6 Å². The van der Waals surface area contributed by atoms with Crippen molar-refractivity contribution in [3.63, 3.8) is 0 Å². The number of nitriles is 1. The van der Waals surface area contributed by atoms with Crippen LogP contribution in [0.5, 0.6) is 5.75 Å². The number of rotatable bonds is 6. The molecule has 3 aromatic rings. The van der Waals surface area contributed by atoms with E-state index in [0.29, 0.717) is 16.8 Å². The third-order valence-corrected chi connectivity index (χ3v) is 9.31. The number of halogens is 2. The third-order valence-electron chi connectivity index (χ3n) is 6.51. The fraction of sp³-hybridized carbons (Fsp3) is 0.455. The van der Waals surface area contributed by atoms with Crippen LogP contribution in [0.4, 0.5) is 10.2 Å². The van der Waals surface area contributed by atoms with E-state index in [-0.39, 0.29) is 42.1 Å². The van der Waals surface area contributed by atoms with Crippen LogP contribution in [0.25, 0.3) is 5.65 Å². The second-order valence-corrected chi connectivity index (χ2v) is 12.2. The predicted octanol–water partition coefficient (Wildman–Crippen LogP) is 1.86. The fourth-order valence-electron chi connectivity index (χ4n) is 4.49. The number of nitrogens with zero attached hydrogens (tertiary/aromatic N) is 6. The number of alkyl halides is 2. The Morgan fingerprint density at radius 1 is 1.44 bits per heavy atom. The summed E-state index contributed by atoms with van der Waals surface area (Å²) in [5.74, 6) is -0.249. The lowest BCUT2D eigenvalue weighted by atomic mass is 9.94. The van der Waals surface area contributed by atoms with E-state index in [1.165, 1.54) is 6.92 Å². The molecular formula is C22H22BrFN7O7P. The van der Waals surface area contributed by atoms with Gasteiger partial charge in [-0.3, -0.25) is 14.3 Å². The van der Waals surface area contributed by atoms with Gasteiger partial charge in [-0.15, -0.1) is 0 Å². The first kappa shape index (κ1) is 27.4. The Hall–Kier alpha value is -3.22. The number of fused-ring (bicyclic) bond motifs is 2. The second-order valence-electron chi connectivity index (χ2n) is 8.97. The zero-order valence-electron chi connectivity index (χ0n) is 20.6. The first-order chi connectivity index (χ1) is 18.4. The van der Waals surface area contributed by atoms with Crippen molar-refractivity contribution in [1.29, 1.82) is 5.26 Å². The van der Waals surface area contributed by atoms with Crippen molar-refractivity contribution in [2.75, 3.05) is 18.5 Å². The van der Waals surface area contributed by atoms with Gasteiger partial charge in [-0.2, -0.15) is 10.4 Å². The molecule has 0 bridgehead atoms. The van der Waals surface area contributed by atoms with Crippen molar-refractivity contribution in [2.45, 2.75) is 49.3 Å². The molecule has 206 valence electrons. The van der Waals surface area contributed by atoms with Crippen LogP contribution in [-0.4, -0.2) is 65.2 Å². The van der Waals surface area contributed by atoms with Crippen LogP contribution < -0.4 is 10.3 Å². The van der Waals surface area contributed by atoms with E-state index in [1.807, 2.05) is 0 Å². The number of carbonyl (C=O) groups excluding carboxylic acids is 1. The average molecular weight is 626 g/mol. The Bertz CT molecular complexity index is 1560. The van der Waals surface area contributed by atoms with Gasteiger partial charge in [0.05, 0.1) is 24.7 Å². The van der Waals surface area contributed by atoms with Gasteiger partial charge in [-0.25, -0.2) is 23.4 Å². The van der Waals surface area contributed by atoms with Crippen molar-refractivity contribution in [3.05, 3.63) is 41.2 Å². The maximum atomic E-state index is 16.1. The predicted molar refractivity (Wildman–Crippen MR) is 133 cm³/mol. The number of hydrogen-bond donors (Lipinski definition) is 2. The van der Waals surface area contributed by atoms with Gasteiger partial charge in [-0.1, -0.05) is 0 Å². The lowest BCUT2D eigenvalue weighted by Gasteiger charge is -2.29. The topological polar surface area (TPSA) is 197 Å². The number of aliphatic hydroxyl groups is 1. The highest BCUT2D eigenvalue weighted by Crippen LogP contribution is 2.57. The Morgan fingerprint density at radius 3 is 2.92 bits per heavy atom. The number of anilines is 1. The highest BCUT2D eigenvalue weighted by atomic mass is 79.9. The van der Waals surface area contributed by atoms with Gasteiger partial charge in [0.25, 0.3) is 0 Å². The number of imidazole rings is 1. The molecule has 0 radical (unpaired) electrons. The zero-order valence-corrected chi connectivity index (χ0v) is 23.1. The number of ether oxygens (including phenoxy) is 2. The van der Waals surface area contributed by atoms with Crippen molar-refractivity contribution in [2.24, 2.45) is 0 Å². The summed E-state index contributed by atoms with van der Waals surface area (Å²) < 4.78 is 50.0. The highest BCUT2D eigenvalue weighted by Gasteiger charge is 2.69. The van der Waals surface area contributed by atoms with Gasteiger partial charge in [0.2, 0.25) is 10.2 Å². The molecule has 3 N–H and O–H groups in total. The van der Waals surface area contributed by atoms with Crippen LogP contribution in [0.1, 0.15) is 29.4 Å². The van der Waals surface area contributed by atoms with E-state index in [1.54, 1.807) is 19.2 Å². The van der Waals surface area contributed by atoms with Crippen LogP contribution >= 0.6 is 23.5 Å². The largest absolute Gasteiger partial charge is 0.461 e. The molecule has 5 atom stereocenters. The van der Waals surface area contributed by atoms with E-state index in [9.17, 15) is 19.7 Å². The summed E-state index contributed by atoms with van der Waals surface area (Å²) in [5.41, 5.74) is 4.97. The third kappa shape index (κ3) is 4.44. The van der Waals surface area contributed by atoms with Gasteiger partial charge >= 0.3 is 13.6 Å². The molecule has 17 heteroatoms. The van der Waals surface area contributed by atoms with Crippen LogP contribution in [-0.2, 0) is 42.0 Å². The van der Waals surface area contributed by atoms with Crippen LogP contribution in [0.2, 0.25) is 0 Å². The lowest BCUT2D eigenvalue weighted by Crippen LogP contribution is -2.46. The molecule has 14 nitrogen and oxygen atoms in total. The molecule has 1 fully saturated rings. The number of nitrogens with two attached hydrogens (primary N) is 1. The summed E-state index contributed by atoms with van der Waals surface area (Å²) in [6, 6.07) is 1.77. The highest BCUT2D eigenvalue weighted by molar-refractivity contribution is 9.10. The molecule has 0 aliphatic carbocycles. The van der Waals surface area contributed by atoms with Gasteiger partial charge in [0.15, 0.2) is 17.2 Å². The molecule has 2 aliphatic rings. The maximum absolute atomic E-state index is 16.1. The number of aliphatic hydroxyl groups excluding tert-OH is 1. The van der Waals surface area contributed by atoms with E-state index >= 15 is 4.39 Å². The minimum absolute atomic E-state index is 0.0181. The molecule has 5 heterocycles. The Morgan fingerprint density at radius 2 is 2.21 bits per heavy atom. The molecule has 0 spiro atoms. The molecule has 1 saturated heterocycles. The number of aromatic nitrogens is 5. The molecule has 2 aliphatic heterocycles. The van der Waals surface area contributed by atoms with Gasteiger partial charge in [0, 0.05) is 24.2 Å². The summed E-state index contributed by atoms with van der Waals surface area (Å²) in [6.07, 6.45) is 0.600. The van der Waals surface area contributed by atoms with Gasteiger partial charge in [0.1, 0.15) is 36.9 Å². The molecule has 39 heavy (non-hydrogen) atoms. The molecule has 0 amide bonds. The van der Waals surface area contributed by atoms with E-state index < -0.39 is 42.6 Å². The summed E-state index contributed by atoms with van der Waals surface area (Å²) >= 11 is 2.82. The van der Waals surface area contributed by atoms with E-state index in [4.69, 9.17) is 24.3 Å². The normalized spacial score (nSPS) is 29.9. The number of aryl methyl sites for hydroxylation is 1. The van der Waals surface area contributed by atoms with Crippen molar-refractivity contribution >= 4 is 41.0 Å². The average Bonchev–Trinajstić information content (AvgIpc) is 3.41. The van der Waals surface area contributed by atoms with Crippen LogP contribution in [0, 0.1) is 18.3 Å². The summed E-state index contributed by atoms with van der Waals surface area (Å²) in [4.78, 5) is 23.3. The number of esters is 1. The van der Waals surface area contributed by atoms with Crippen LogP contribution in [0.15, 0.2) is 18.7 Å². The summed E-state index contributed by atoms with van der Waals surface area (Å²) in [5, 5.41) is 24.9. The fourth-order valence-corrected chi connectivity index (χ4v) is 6.83. The molecular weight excluding hydrogens is 604 g/mol. The maximum Gasteiger partial charge on any atom is 0.379 e. The van der Waals surface area contributed by atoms with Crippen molar-refractivity contribution in [3.8, 4) is 11.8 Å².